The highest BCUT2D eigenvalue weighted by Gasteiger charge is 2.45. The number of carbonyl (C=O) groups excluding carboxylic acids is 1. The topological polar surface area (TPSA) is 127 Å². The normalized spacial score (nSPS) is 24.8. The number of ether oxygens (including phenoxy) is 4. The maximum atomic E-state index is 11.5. The van der Waals surface area contributed by atoms with Gasteiger partial charge in [0, 0.05) is 20.6 Å². The van der Waals surface area contributed by atoms with Gasteiger partial charge in [0.15, 0.2) is 6.29 Å². The van der Waals surface area contributed by atoms with E-state index in [1.165, 1.54) is 84.0 Å². The van der Waals surface area contributed by atoms with E-state index >= 15 is 0 Å². The number of carbonyl (C=O) groups is 1. The zero-order chi connectivity index (χ0) is 27.3. The smallest absolute Gasteiger partial charge is 0.217 e. The van der Waals surface area contributed by atoms with Gasteiger partial charge >= 0.3 is 0 Å². The first-order chi connectivity index (χ1) is 17.9. The molecule has 1 saturated heterocycles. The molecule has 0 aromatic carbocycles. The minimum Gasteiger partial charge on any atom is -0.394 e. The molecule has 0 aromatic rings. The van der Waals surface area contributed by atoms with Crippen LogP contribution in [0.4, 0.5) is 0 Å². The summed E-state index contributed by atoms with van der Waals surface area (Å²) in [7, 11) is 1.56. The Hall–Kier alpha value is -0.810. The van der Waals surface area contributed by atoms with Crippen molar-refractivity contribution in [2.45, 2.75) is 140 Å². The molecular weight excluding hydrogens is 478 g/mol. The lowest BCUT2D eigenvalue weighted by molar-refractivity contribution is -0.275. The van der Waals surface area contributed by atoms with Crippen molar-refractivity contribution in [3.63, 3.8) is 0 Å². The zero-order valence-electron chi connectivity index (χ0n) is 23.6. The van der Waals surface area contributed by atoms with Crippen molar-refractivity contribution in [1.82, 2.24) is 5.32 Å². The van der Waals surface area contributed by atoms with Crippen LogP contribution in [-0.2, 0) is 23.7 Å². The van der Waals surface area contributed by atoms with E-state index in [9.17, 15) is 20.1 Å². The van der Waals surface area contributed by atoms with Crippen molar-refractivity contribution in [2.24, 2.45) is 0 Å². The average molecular weight is 534 g/mol. The largest absolute Gasteiger partial charge is 0.394 e. The fraction of sp³-hybridized carbons (Fsp3) is 0.964. The molecule has 0 aliphatic carbocycles. The second kappa shape index (κ2) is 22.1. The molecule has 0 unspecified atom stereocenters. The van der Waals surface area contributed by atoms with Crippen molar-refractivity contribution in [3.8, 4) is 0 Å². The summed E-state index contributed by atoms with van der Waals surface area (Å²) in [5.74, 6) is -0.393. The molecule has 0 spiro atoms. The Morgan fingerprint density at radius 2 is 1.41 bits per heavy atom. The first-order valence-electron chi connectivity index (χ1n) is 14.6. The number of nitrogens with one attached hydrogen (secondary N) is 1. The van der Waals surface area contributed by atoms with Crippen LogP contribution in [0.15, 0.2) is 0 Å². The molecule has 1 aliphatic rings. The second-order valence-electron chi connectivity index (χ2n) is 10.3. The van der Waals surface area contributed by atoms with Crippen LogP contribution in [-0.4, -0.2) is 91.5 Å². The van der Waals surface area contributed by atoms with Gasteiger partial charge in [0.25, 0.3) is 0 Å². The summed E-state index contributed by atoms with van der Waals surface area (Å²) in [6.07, 6.45) is 13.3. The second-order valence-corrected chi connectivity index (χ2v) is 10.3. The molecule has 9 nitrogen and oxygen atoms in total. The van der Waals surface area contributed by atoms with Crippen LogP contribution in [0.25, 0.3) is 0 Å². The maximum absolute atomic E-state index is 11.5. The fourth-order valence-corrected chi connectivity index (χ4v) is 4.61. The summed E-state index contributed by atoms with van der Waals surface area (Å²) in [5.41, 5.74) is 0. The fourth-order valence-electron chi connectivity index (χ4n) is 4.61. The van der Waals surface area contributed by atoms with Gasteiger partial charge in [-0.1, -0.05) is 90.4 Å². The molecule has 1 heterocycles. The third-order valence-electron chi connectivity index (χ3n) is 6.98. The molecule has 1 aliphatic heterocycles. The van der Waals surface area contributed by atoms with E-state index in [0.717, 1.165) is 12.8 Å². The van der Waals surface area contributed by atoms with Crippen LogP contribution >= 0.6 is 0 Å². The molecule has 0 radical (unpaired) electrons. The summed E-state index contributed by atoms with van der Waals surface area (Å²) < 4.78 is 22.5. The zero-order valence-corrected chi connectivity index (χ0v) is 23.6. The molecule has 0 bridgehead atoms. The summed E-state index contributed by atoms with van der Waals surface area (Å²) >= 11 is 0. The van der Waals surface area contributed by atoms with Gasteiger partial charge in [0.2, 0.25) is 5.91 Å². The first-order valence-corrected chi connectivity index (χ1v) is 14.6. The molecule has 9 heteroatoms. The quantitative estimate of drug-likeness (QED) is 0.147. The number of methoxy groups -OCH3 is 1. The molecule has 4 N–H and O–H groups in total. The summed E-state index contributed by atoms with van der Waals surface area (Å²) in [6, 6.07) is -0.968. The Morgan fingerprint density at radius 3 is 1.89 bits per heavy atom. The highest BCUT2D eigenvalue weighted by molar-refractivity contribution is 5.73. The molecule has 220 valence electrons. The summed E-state index contributed by atoms with van der Waals surface area (Å²) in [6.45, 7) is 4.19. The van der Waals surface area contributed by atoms with Crippen LogP contribution in [0.3, 0.4) is 0 Å². The third-order valence-corrected chi connectivity index (χ3v) is 6.98. The van der Waals surface area contributed by atoms with E-state index in [1.807, 2.05) is 0 Å². The van der Waals surface area contributed by atoms with Crippen molar-refractivity contribution < 1.29 is 39.1 Å². The predicted octanol–water partition coefficient (Wildman–Crippen LogP) is 3.46. The van der Waals surface area contributed by atoms with Crippen molar-refractivity contribution >= 4 is 5.91 Å². The SMILES string of the molecule is CCCCCCCCCCCCCCCCOC[C@@H](CO[C@@H]1O[C@H](CO)[C@@H](O)[C@H](O)[C@H]1NC(C)=O)OC. The first kappa shape index (κ1) is 34.2. The number of amides is 1. The van der Waals surface area contributed by atoms with Gasteiger partial charge < -0.3 is 39.6 Å². The van der Waals surface area contributed by atoms with Gasteiger partial charge in [-0.3, -0.25) is 4.79 Å². The number of unbranched alkanes of at least 4 members (excludes halogenated alkanes) is 13. The number of hydrogen-bond donors (Lipinski definition) is 4. The number of rotatable bonds is 23. The van der Waals surface area contributed by atoms with Gasteiger partial charge in [-0.05, 0) is 6.42 Å². The molecular formula is C28H55NO8. The predicted molar refractivity (Wildman–Crippen MR) is 143 cm³/mol. The van der Waals surface area contributed by atoms with Gasteiger partial charge in [-0.2, -0.15) is 0 Å². The molecule has 1 amide bonds. The van der Waals surface area contributed by atoms with Crippen LogP contribution in [0.1, 0.15) is 104 Å². The van der Waals surface area contributed by atoms with Crippen molar-refractivity contribution in [2.75, 3.05) is 33.5 Å². The number of aliphatic hydroxyl groups excluding tert-OH is 3. The Morgan fingerprint density at radius 1 is 0.865 bits per heavy atom. The average Bonchev–Trinajstić information content (AvgIpc) is 2.89. The van der Waals surface area contributed by atoms with E-state index in [0.29, 0.717) is 13.2 Å². The van der Waals surface area contributed by atoms with Crippen LogP contribution in [0, 0.1) is 0 Å². The van der Waals surface area contributed by atoms with E-state index in [4.69, 9.17) is 18.9 Å². The van der Waals surface area contributed by atoms with Crippen molar-refractivity contribution in [1.29, 1.82) is 0 Å². The van der Waals surface area contributed by atoms with Gasteiger partial charge in [0.1, 0.15) is 30.5 Å². The lowest BCUT2D eigenvalue weighted by Crippen LogP contribution is -2.64. The third kappa shape index (κ3) is 15.4. The Bertz CT molecular complexity index is 552. The highest BCUT2D eigenvalue weighted by atomic mass is 16.7. The van der Waals surface area contributed by atoms with Crippen molar-refractivity contribution in [3.05, 3.63) is 0 Å². The minimum absolute atomic E-state index is 0.108. The Labute approximate surface area is 224 Å². The molecule has 37 heavy (non-hydrogen) atoms. The van der Waals surface area contributed by atoms with Crippen LogP contribution < -0.4 is 5.32 Å². The Balaban J connectivity index is 2.11. The van der Waals surface area contributed by atoms with Gasteiger partial charge in [0.05, 0.1) is 19.8 Å². The van der Waals surface area contributed by atoms with E-state index < -0.39 is 43.2 Å². The van der Waals surface area contributed by atoms with E-state index in [-0.39, 0.29) is 12.7 Å². The standard InChI is InChI=1S/C28H55NO8/c1-4-5-6-7-8-9-10-11-12-13-14-15-16-17-18-35-20-23(34-3)21-36-28-25(29-22(2)31)27(33)26(32)24(19-30)37-28/h23-28,30,32-33H,4-21H2,1-3H3,(H,29,31)/t23-,24+,25+,26+,27+,28+/m0/s1. The number of aliphatic hydroxyl groups is 3. The molecule has 1 rings (SSSR count). The summed E-state index contributed by atoms with van der Waals surface area (Å²) in [4.78, 5) is 11.5. The lowest BCUT2D eigenvalue weighted by atomic mass is 9.97. The molecule has 6 atom stereocenters. The highest BCUT2D eigenvalue weighted by Crippen LogP contribution is 2.22. The van der Waals surface area contributed by atoms with Gasteiger partial charge in [-0.15, -0.1) is 0 Å². The molecule has 0 saturated carbocycles. The van der Waals surface area contributed by atoms with Gasteiger partial charge in [-0.25, -0.2) is 0 Å². The maximum Gasteiger partial charge on any atom is 0.217 e. The summed E-state index contributed by atoms with van der Waals surface area (Å²) in [5, 5.41) is 32.4. The molecule has 0 aromatic heterocycles. The minimum atomic E-state index is -1.34. The van der Waals surface area contributed by atoms with E-state index in [1.54, 1.807) is 7.11 Å². The number of hydrogen-bond acceptors (Lipinski definition) is 8. The van der Waals surface area contributed by atoms with Crippen LogP contribution in [0.2, 0.25) is 0 Å². The van der Waals surface area contributed by atoms with E-state index in [2.05, 4.69) is 12.2 Å². The Kier molecular flexibility index (Phi) is 20.4. The molecule has 1 fully saturated rings. The van der Waals surface area contributed by atoms with Crippen LogP contribution in [0.5, 0.6) is 0 Å². The monoisotopic (exact) mass is 533 g/mol. The lowest BCUT2D eigenvalue weighted by Gasteiger charge is -2.42.